The number of hydrogen-bond acceptors (Lipinski definition) is 3. The first-order chi connectivity index (χ1) is 5.72. The van der Waals surface area contributed by atoms with Crippen LogP contribution in [-0.4, -0.2) is 29.8 Å². The summed E-state index contributed by atoms with van der Waals surface area (Å²) in [7, 11) is 0. The van der Waals surface area contributed by atoms with Gasteiger partial charge in [-0.2, -0.15) is 0 Å². The lowest BCUT2D eigenvalue weighted by Gasteiger charge is -2.09. The lowest BCUT2D eigenvalue weighted by Crippen LogP contribution is -2.31. The first kappa shape index (κ1) is 8.83. The Morgan fingerprint density at radius 3 is 2.92 bits per heavy atom. The maximum Gasteiger partial charge on any atom is 0.404 e. The Hall–Kier alpha value is -1.26. The van der Waals surface area contributed by atoms with E-state index in [1.807, 2.05) is 0 Å². The summed E-state index contributed by atoms with van der Waals surface area (Å²) < 4.78 is 4.70. The van der Waals surface area contributed by atoms with Crippen LogP contribution in [0, 0.1) is 0 Å². The summed E-state index contributed by atoms with van der Waals surface area (Å²) in [5, 5.41) is 10.7. The lowest BCUT2D eigenvalue weighted by atomic mass is 10.2. The average Bonchev–Trinajstić information content (AvgIpc) is 2.36. The van der Waals surface area contributed by atoms with Crippen LogP contribution in [0.4, 0.5) is 4.79 Å². The van der Waals surface area contributed by atoms with Crippen molar-refractivity contribution in [2.24, 2.45) is 0 Å². The van der Waals surface area contributed by atoms with Gasteiger partial charge >= 0.3 is 6.09 Å². The van der Waals surface area contributed by atoms with E-state index in [2.05, 4.69) is 5.32 Å². The van der Waals surface area contributed by atoms with E-state index in [1.165, 1.54) is 0 Å². The standard InChI is InChI=1S/C7H11NO4/c9-4-12-6-2-1-5(3-6)8-7(10)11/h4-6,8H,1-3H2,(H,10,11)/t5-,6-/m1/s1. The Bertz CT molecular complexity index is 182. The van der Waals surface area contributed by atoms with E-state index in [-0.39, 0.29) is 12.1 Å². The maximum absolute atomic E-state index is 10.2. The van der Waals surface area contributed by atoms with Crippen LogP contribution in [0.2, 0.25) is 0 Å². The molecule has 1 rings (SSSR count). The smallest absolute Gasteiger partial charge is 0.404 e. The van der Waals surface area contributed by atoms with Gasteiger partial charge in [0.15, 0.2) is 0 Å². The molecule has 0 saturated heterocycles. The van der Waals surface area contributed by atoms with Crippen LogP contribution in [-0.2, 0) is 9.53 Å². The minimum Gasteiger partial charge on any atom is -0.465 e. The predicted octanol–water partition coefficient (Wildman–Crippen LogP) is 0.348. The SMILES string of the molecule is O=CO[C@@H]1CC[C@@H](NC(=O)O)C1. The van der Waals surface area contributed by atoms with E-state index in [4.69, 9.17) is 9.84 Å². The molecule has 0 radical (unpaired) electrons. The Labute approximate surface area is 69.7 Å². The van der Waals surface area contributed by atoms with Gasteiger partial charge < -0.3 is 15.2 Å². The van der Waals surface area contributed by atoms with E-state index >= 15 is 0 Å². The highest BCUT2D eigenvalue weighted by Gasteiger charge is 2.26. The number of hydrogen-bond donors (Lipinski definition) is 2. The third-order valence-corrected chi connectivity index (χ3v) is 1.96. The molecule has 0 bridgehead atoms. The molecule has 68 valence electrons. The number of carbonyl (C=O) groups is 2. The van der Waals surface area contributed by atoms with Crippen molar-refractivity contribution in [1.29, 1.82) is 0 Å². The Kier molecular flexibility index (Phi) is 2.90. The van der Waals surface area contributed by atoms with Crippen molar-refractivity contribution in [1.82, 2.24) is 5.32 Å². The van der Waals surface area contributed by atoms with Gasteiger partial charge in [0.1, 0.15) is 6.10 Å². The minimum absolute atomic E-state index is 0.0625. The first-order valence-corrected chi connectivity index (χ1v) is 3.81. The van der Waals surface area contributed by atoms with Gasteiger partial charge in [-0.05, 0) is 12.8 Å². The molecule has 0 spiro atoms. The topological polar surface area (TPSA) is 75.6 Å². The van der Waals surface area contributed by atoms with Crippen molar-refractivity contribution in [2.45, 2.75) is 31.4 Å². The molecule has 5 nitrogen and oxygen atoms in total. The summed E-state index contributed by atoms with van der Waals surface area (Å²) in [5.74, 6) is 0. The van der Waals surface area contributed by atoms with E-state index in [0.29, 0.717) is 12.9 Å². The first-order valence-electron chi connectivity index (χ1n) is 3.81. The predicted molar refractivity (Wildman–Crippen MR) is 39.7 cm³/mol. The highest BCUT2D eigenvalue weighted by atomic mass is 16.5. The van der Waals surface area contributed by atoms with Gasteiger partial charge in [-0.1, -0.05) is 0 Å². The summed E-state index contributed by atoms with van der Waals surface area (Å²) in [6.07, 6.45) is 0.936. The van der Waals surface area contributed by atoms with Gasteiger partial charge in [-0.15, -0.1) is 0 Å². The van der Waals surface area contributed by atoms with Gasteiger partial charge in [-0.25, -0.2) is 4.79 Å². The molecule has 0 aromatic rings. The van der Waals surface area contributed by atoms with Gasteiger partial charge in [0.05, 0.1) is 0 Å². The Balaban J connectivity index is 2.25. The summed E-state index contributed by atoms with van der Waals surface area (Å²) in [5.41, 5.74) is 0. The van der Waals surface area contributed by atoms with Crippen molar-refractivity contribution in [3.05, 3.63) is 0 Å². The highest BCUT2D eigenvalue weighted by Crippen LogP contribution is 2.21. The number of amides is 1. The Morgan fingerprint density at radius 1 is 1.58 bits per heavy atom. The summed E-state index contributed by atoms with van der Waals surface area (Å²) in [4.78, 5) is 20.1. The van der Waals surface area contributed by atoms with E-state index < -0.39 is 6.09 Å². The highest BCUT2D eigenvalue weighted by molar-refractivity contribution is 5.64. The van der Waals surface area contributed by atoms with Crippen LogP contribution in [0.5, 0.6) is 0 Å². The number of ether oxygens (including phenoxy) is 1. The fraction of sp³-hybridized carbons (Fsp3) is 0.714. The largest absolute Gasteiger partial charge is 0.465 e. The lowest BCUT2D eigenvalue weighted by molar-refractivity contribution is -0.133. The molecule has 0 aromatic carbocycles. The molecule has 5 heteroatoms. The van der Waals surface area contributed by atoms with Gasteiger partial charge in [0, 0.05) is 12.5 Å². The second-order valence-corrected chi connectivity index (χ2v) is 2.81. The van der Waals surface area contributed by atoms with Crippen LogP contribution in [0.25, 0.3) is 0 Å². The van der Waals surface area contributed by atoms with Crippen LogP contribution in [0.15, 0.2) is 0 Å². The summed E-state index contributed by atoms with van der Waals surface area (Å²) in [6, 6.07) is -0.0625. The number of nitrogens with one attached hydrogen (secondary N) is 1. The monoisotopic (exact) mass is 173 g/mol. The van der Waals surface area contributed by atoms with Crippen LogP contribution in [0.1, 0.15) is 19.3 Å². The van der Waals surface area contributed by atoms with Crippen LogP contribution < -0.4 is 5.32 Å². The van der Waals surface area contributed by atoms with Crippen LogP contribution >= 0.6 is 0 Å². The summed E-state index contributed by atoms with van der Waals surface area (Å²) in [6.45, 7) is 0.411. The molecule has 1 saturated carbocycles. The van der Waals surface area contributed by atoms with Crippen molar-refractivity contribution in [2.75, 3.05) is 0 Å². The third-order valence-electron chi connectivity index (χ3n) is 1.96. The second-order valence-electron chi connectivity index (χ2n) is 2.81. The molecule has 1 aliphatic carbocycles. The molecule has 0 aliphatic heterocycles. The zero-order valence-corrected chi connectivity index (χ0v) is 6.53. The molecule has 0 aromatic heterocycles. The van der Waals surface area contributed by atoms with Crippen molar-refractivity contribution >= 4 is 12.6 Å². The Morgan fingerprint density at radius 2 is 2.33 bits per heavy atom. The fourth-order valence-electron chi connectivity index (χ4n) is 1.45. The molecule has 1 amide bonds. The third kappa shape index (κ3) is 2.41. The normalized spacial score (nSPS) is 28.0. The van der Waals surface area contributed by atoms with Gasteiger partial charge in [-0.3, -0.25) is 4.79 Å². The van der Waals surface area contributed by atoms with E-state index in [0.717, 1.165) is 12.8 Å². The average molecular weight is 173 g/mol. The molecule has 2 atom stereocenters. The van der Waals surface area contributed by atoms with Gasteiger partial charge in [0.2, 0.25) is 0 Å². The molecule has 12 heavy (non-hydrogen) atoms. The molecular weight excluding hydrogens is 162 g/mol. The molecule has 1 aliphatic rings. The van der Waals surface area contributed by atoms with Crippen molar-refractivity contribution in [3.63, 3.8) is 0 Å². The molecule has 1 fully saturated rings. The maximum atomic E-state index is 10.2. The minimum atomic E-state index is -1.02. The fourth-order valence-corrected chi connectivity index (χ4v) is 1.45. The number of carbonyl (C=O) groups excluding carboxylic acids is 1. The van der Waals surface area contributed by atoms with E-state index in [9.17, 15) is 9.59 Å². The number of rotatable bonds is 3. The molecular formula is C7H11NO4. The van der Waals surface area contributed by atoms with Crippen molar-refractivity contribution in [3.8, 4) is 0 Å². The second kappa shape index (κ2) is 3.94. The molecule has 0 unspecified atom stereocenters. The van der Waals surface area contributed by atoms with E-state index in [1.54, 1.807) is 0 Å². The summed E-state index contributed by atoms with van der Waals surface area (Å²) >= 11 is 0. The zero-order chi connectivity index (χ0) is 8.97. The van der Waals surface area contributed by atoms with Crippen LogP contribution in [0.3, 0.4) is 0 Å². The number of carboxylic acid groups (broad SMARTS) is 1. The molecule has 2 N–H and O–H groups in total. The quantitative estimate of drug-likeness (QED) is 0.604. The van der Waals surface area contributed by atoms with Gasteiger partial charge in [0.25, 0.3) is 6.47 Å². The molecule has 0 heterocycles. The zero-order valence-electron chi connectivity index (χ0n) is 6.53. The van der Waals surface area contributed by atoms with Crippen molar-refractivity contribution < 1.29 is 19.4 Å².